The van der Waals surface area contributed by atoms with Gasteiger partial charge in [-0.05, 0) is 20.8 Å². The Morgan fingerprint density at radius 2 is 2.13 bits per heavy atom. The molecule has 1 atom stereocenters. The zero-order chi connectivity index (χ0) is 11.6. The van der Waals surface area contributed by atoms with Gasteiger partial charge in [0.2, 0.25) is 0 Å². The van der Waals surface area contributed by atoms with Gasteiger partial charge >= 0.3 is 5.97 Å². The van der Waals surface area contributed by atoms with Crippen LogP contribution in [0.15, 0.2) is 0 Å². The first kappa shape index (κ1) is 12.1. The summed E-state index contributed by atoms with van der Waals surface area (Å²) in [5.41, 5.74) is -0.618. The Labute approximate surface area is 88.3 Å². The van der Waals surface area contributed by atoms with Gasteiger partial charge in [-0.3, -0.25) is 4.79 Å². The van der Waals surface area contributed by atoms with Crippen LogP contribution in [0.2, 0.25) is 0 Å². The molecule has 0 saturated carbocycles. The van der Waals surface area contributed by atoms with Crippen LogP contribution in [0.1, 0.15) is 27.2 Å². The van der Waals surface area contributed by atoms with Crippen LogP contribution in [-0.2, 0) is 14.4 Å². The molecular weight excluding hydrogens is 201 g/mol. The minimum atomic E-state index is -1.54. The number of carbonyl (C=O) groups is 2. The second-order valence-electron chi connectivity index (χ2n) is 4.70. The number of ketones is 1. The smallest absolute Gasteiger partial charge is 0.330 e. The van der Waals surface area contributed by atoms with Gasteiger partial charge in [-0.2, -0.15) is 0 Å². The summed E-state index contributed by atoms with van der Waals surface area (Å²) < 4.78 is 13.0. The Bertz CT molecular complexity index is 272. The highest BCUT2D eigenvalue weighted by atomic mass is 19.1. The van der Waals surface area contributed by atoms with Crippen molar-refractivity contribution in [3.63, 3.8) is 0 Å². The van der Waals surface area contributed by atoms with E-state index in [1.54, 1.807) is 20.8 Å². The fraction of sp³-hybridized carbons (Fsp3) is 0.800. The maximum Gasteiger partial charge on any atom is 0.330 e. The first-order valence-electron chi connectivity index (χ1n) is 4.95. The van der Waals surface area contributed by atoms with Crippen molar-refractivity contribution in [2.24, 2.45) is 5.41 Å². The van der Waals surface area contributed by atoms with Crippen molar-refractivity contribution in [1.82, 2.24) is 5.06 Å². The molecule has 1 heterocycles. The van der Waals surface area contributed by atoms with Gasteiger partial charge in [-0.1, -0.05) is 0 Å². The third-order valence-corrected chi connectivity index (χ3v) is 2.15. The van der Waals surface area contributed by atoms with Crippen LogP contribution < -0.4 is 0 Å². The van der Waals surface area contributed by atoms with Crippen LogP contribution in [-0.4, -0.2) is 36.1 Å². The van der Waals surface area contributed by atoms with Crippen LogP contribution >= 0.6 is 0 Å². The number of alkyl halides is 1. The van der Waals surface area contributed by atoms with E-state index in [4.69, 9.17) is 4.84 Å². The molecule has 1 unspecified atom stereocenters. The maximum atomic E-state index is 13.0. The molecule has 0 aromatic rings. The fourth-order valence-electron chi connectivity index (χ4n) is 1.10. The summed E-state index contributed by atoms with van der Waals surface area (Å²) in [6.07, 6.45) is -1.44. The summed E-state index contributed by atoms with van der Waals surface area (Å²) in [4.78, 5) is 27.3. The normalized spacial score (nSPS) is 24.0. The third kappa shape index (κ3) is 3.27. The van der Waals surface area contributed by atoms with E-state index >= 15 is 0 Å². The number of hydrogen-bond acceptors (Lipinski definition) is 4. The minimum absolute atomic E-state index is 0.0958. The van der Waals surface area contributed by atoms with E-state index in [1.165, 1.54) is 5.06 Å². The molecule has 0 N–H and O–H groups in total. The van der Waals surface area contributed by atoms with Crippen molar-refractivity contribution < 1.29 is 18.8 Å². The van der Waals surface area contributed by atoms with Crippen molar-refractivity contribution in [3.05, 3.63) is 0 Å². The van der Waals surface area contributed by atoms with E-state index in [1.807, 2.05) is 0 Å². The average molecular weight is 217 g/mol. The summed E-state index contributed by atoms with van der Waals surface area (Å²) in [5, 5.41) is 1.22. The SMILES string of the molecule is CC(C)(C)C(=O)ON1CCC(=O)C(F)C1. The molecule has 0 aliphatic carbocycles. The standard InChI is InChI=1S/C10H16FNO3/c1-10(2,3)9(14)15-12-5-4-8(13)7(11)6-12/h7H,4-6H2,1-3H3. The molecule has 1 saturated heterocycles. The Morgan fingerprint density at radius 3 is 2.60 bits per heavy atom. The summed E-state index contributed by atoms with van der Waals surface area (Å²) in [6, 6.07) is 0. The Kier molecular flexibility index (Phi) is 3.44. The second-order valence-corrected chi connectivity index (χ2v) is 4.70. The van der Waals surface area contributed by atoms with E-state index in [-0.39, 0.29) is 19.5 Å². The molecule has 0 bridgehead atoms. The van der Waals surface area contributed by atoms with Crippen LogP contribution in [0.4, 0.5) is 4.39 Å². The van der Waals surface area contributed by atoms with E-state index < -0.39 is 23.3 Å². The average Bonchev–Trinajstić information content (AvgIpc) is 2.10. The van der Waals surface area contributed by atoms with Gasteiger partial charge in [0.1, 0.15) is 0 Å². The fourth-order valence-corrected chi connectivity index (χ4v) is 1.10. The Hall–Kier alpha value is -0.970. The van der Waals surface area contributed by atoms with E-state index in [0.717, 1.165) is 0 Å². The predicted molar refractivity (Wildman–Crippen MR) is 51.6 cm³/mol. The van der Waals surface area contributed by atoms with Crippen molar-refractivity contribution in [1.29, 1.82) is 0 Å². The van der Waals surface area contributed by atoms with Crippen molar-refractivity contribution >= 4 is 11.8 Å². The highest BCUT2D eigenvalue weighted by molar-refractivity contribution is 5.84. The molecule has 1 aliphatic heterocycles. The van der Waals surface area contributed by atoms with Crippen LogP contribution in [0, 0.1) is 5.41 Å². The summed E-state index contributed by atoms with van der Waals surface area (Å²) >= 11 is 0. The highest BCUT2D eigenvalue weighted by Gasteiger charge is 2.32. The Morgan fingerprint density at radius 1 is 1.53 bits per heavy atom. The molecule has 15 heavy (non-hydrogen) atoms. The monoisotopic (exact) mass is 217 g/mol. The van der Waals surface area contributed by atoms with E-state index in [2.05, 4.69) is 0 Å². The lowest BCUT2D eigenvalue weighted by molar-refractivity contribution is -0.208. The maximum absolute atomic E-state index is 13.0. The molecule has 1 rings (SSSR count). The topological polar surface area (TPSA) is 46.6 Å². The second kappa shape index (κ2) is 4.26. The first-order valence-corrected chi connectivity index (χ1v) is 4.95. The third-order valence-electron chi connectivity index (χ3n) is 2.15. The van der Waals surface area contributed by atoms with Crippen LogP contribution in [0.3, 0.4) is 0 Å². The molecule has 1 fully saturated rings. The first-order chi connectivity index (χ1) is 6.80. The lowest BCUT2D eigenvalue weighted by Gasteiger charge is -2.29. The predicted octanol–water partition coefficient (Wildman–Crippen LogP) is 1.10. The molecule has 0 spiro atoms. The molecule has 0 aromatic carbocycles. The number of nitrogens with zero attached hydrogens (tertiary/aromatic N) is 1. The summed E-state index contributed by atoms with van der Waals surface area (Å²) in [7, 11) is 0. The van der Waals surface area contributed by atoms with Gasteiger partial charge in [-0.15, -0.1) is 5.06 Å². The summed E-state index contributed by atoms with van der Waals surface area (Å²) in [5.74, 6) is -0.831. The molecular formula is C10H16FNO3. The number of carbonyl (C=O) groups excluding carboxylic acids is 2. The van der Waals surface area contributed by atoms with Gasteiger partial charge in [0, 0.05) is 13.0 Å². The molecule has 1 aliphatic rings. The molecule has 4 nitrogen and oxygen atoms in total. The highest BCUT2D eigenvalue weighted by Crippen LogP contribution is 2.18. The molecule has 0 aromatic heterocycles. The number of rotatable bonds is 1. The number of Topliss-reactive ketones (excluding diaryl/α,β-unsaturated/α-hetero) is 1. The number of hydroxylamine groups is 2. The molecule has 0 radical (unpaired) electrons. The van der Waals surface area contributed by atoms with Crippen molar-refractivity contribution in [2.75, 3.05) is 13.1 Å². The zero-order valence-corrected chi connectivity index (χ0v) is 9.25. The number of halogens is 1. The van der Waals surface area contributed by atoms with Gasteiger partial charge in [0.05, 0.1) is 12.0 Å². The van der Waals surface area contributed by atoms with Crippen molar-refractivity contribution in [3.8, 4) is 0 Å². The largest absolute Gasteiger partial charge is 0.367 e. The van der Waals surface area contributed by atoms with E-state index in [9.17, 15) is 14.0 Å². The van der Waals surface area contributed by atoms with Crippen molar-refractivity contribution in [2.45, 2.75) is 33.4 Å². The van der Waals surface area contributed by atoms with E-state index in [0.29, 0.717) is 0 Å². The summed E-state index contributed by atoms with van der Waals surface area (Å²) in [6.45, 7) is 5.29. The number of piperidine rings is 1. The lowest BCUT2D eigenvalue weighted by Crippen LogP contribution is -2.44. The van der Waals surface area contributed by atoms with Gasteiger partial charge < -0.3 is 4.84 Å². The Balaban J connectivity index is 2.47. The number of hydrogen-bond donors (Lipinski definition) is 0. The molecule has 86 valence electrons. The molecule has 0 amide bonds. The quantitative estimate of drug-likeness (QED) is 0.660. The zero-order valence-electron chi connectivity index (χ0n) is 9.25. The molecule has 5 heteroatoms. The van der Waals surface area contributed by atoms with Crippen LogP contribution in [0.5, 0.6) is 0 Å². The van der Waals surface area contributed by atoms with Crippen LogP contribution in [0.25, 0.3) is 0 Å². The van der Waals surface area contributed by atoms with Gasteiger partial charge in [0.25, 0.3) is 0 Å². The van der Waals surface area contributed by atoms with Gasteiger partial charge in [0.15, 0.2) is 12.0 Å². The lowest BCUT2D eigenvalue weighted by atomic mass is 9.98. The minimum Gasteiger partial charge on any atom is -0.367 e. The van der Waals surface area contributed by atoms with Gasteiger partial charge in [-0.25, -0.2) is 9.18 Å².